The topological polar surface area (TPSA) is 24.9 Å². The van der Waals surface area contributed by atoms with Gasteiger partial charge in [-0.2, -0.15) is 0 Å². The first-order chi connectivity index (χ1) is 8.31. The van der Waals surface area contributed by atoms with E-state index in [2.05, 4.69) is 10.3 Å². The second-order valence-corrected chi connectivity index (χ2v) is 3.95. The molecule has 2 rings (SSSR count). The number of likely N-dealkylation sites (N-methyl/N-ethyl adjacent to an activating group) is 1. The quantitative estimate of drug-likeness (QED) is 0.873. The molecule has 0 bridgehead atoms. The maximum atomic E-state index is 13.3. The Bertz CT molecular complexity index is 471. The van der Waals surface area contributed by atoms with Crippen molar-refractivity contribution in [2.45, 2.75) is 5.92 Å². The van der Waals surface area contributed by atoms with Crippen LogP contribution in [0.2, 0.25) is 0 Å². The van der Waals surface area contributed by atoms with Crippen molar-refractivity contribution >= 4 is 0 Å². The molecule has 17 heavy (non-hydrogen) atoms. The molecule has 0 aliphatic carbocycles. The van der Waals surface area contributed by atoms with Gasteiger partial charge in [-0.25, -0.2) is 4.39 Å². The number of hydrogen-bond donors (Lipinski definition) is 1. The maximum Gasteiger partial charge on any atom is 0.123 e. The van der Waals surface area contributed by atoms with E-state index >= 15 is 0 Å². The zero-order chi connectivity index (χ0) is 12.1. The molecule has 0 saturated carbocycles. The molecule has 0 aliphatic rings. The van der Waals surface area contributed by atoms with Crippen LogP contribution in [0, 0.1) is 5.82 Å². The van der Waals surface area contributed by atoms with E-state index < -0.39 is 0 Å². The minimum absolute atomic E-state index is 0.152. The Morgan fingerprint density at radius 3 is 2.59 bits per heavy atom. The van der Waals surface area contributed by atoms with E-state index in [1.165, 1.54) is 6.07 Å². The van der Waals surface area contributed by atoms with Crippen molar-refractivity contribution in [2.75, 3.05) is 13.6 Å². The molecule has 88 valence electrons. The van der Waals surface area contributed by atoms with Crippen molar-refractivity contribution in [2.24, 2.45) is 0 Å². The molecule has 0 fully saturated rings. The van der Waals surface area contributed by atoms with Crippen molar-refractivity contribution in [3.63, 3.8) is 0 Å². The highest BCUT2D eigenvalue weighted by atomic mass is 19.1. The lowest BCUT2D eigenvalue weighted by Crippen LogP contribution is -2.18. The molecular formula is C14H15FN2. The van der Waals surface area contributed by atoms with E-state index in [-0.39, 0.29) is 11.7 Å². The van der Waals surface area contributed by atoms with Gasteiger partial charge in [0.1, 0.15) is 5.82 Å². The summed E-state index contributed by atoms with van der Waals surface area (Å²) in [6.45, 7) is 0.771. The second kappa shape index (κ2) is 5.55. The first-order valence-corrected chi connectivity index (χ1v) is 5.61. The molecule has 0 saturated heterocycles. The summed E-state index contributed by atoms with van der Waals surface area (Å²) in [6, 6.07) is 10.7. The highest BCUT2D eigenvalue weighted by molar-refractivity contribution is 5.32. The maximum absolute atomic E-state index is 13.3. The SMILES string of the molecule is CNCC(c1ccncc1)c1cccc(F)c1. The first-order valence-electron chi connectivity index (χ1n) is 5.61. The Labute approximate surface area is 101 Å². The van der Waals surface area contributed by atoms with E-state index in [4.69, 9.17) is 0 Å². The molecule has 0 radical (unpaired) electrons. The van der Waals surface area contributed by atoms with E-state index in [0.717, 1.165) is 17.7 Å². The summed E-state index contributed by atoms with van der Waals surface area (Å²) < 4.78 is 13.3. The molecule has 1 heterocycles. The van der Waals surface area contributed by atoms with Gasteiger partial charge in [-0.05, 0) is 42.4 Å². The Kier molecular flexibility index (Phi) is 3.83. The summed E-state index contributed by atoms with van der Waals surface area (Å²) >= 11 is 0. The number of nitrogens with one attached hydrogen (secondary N) is 1. The molecule has 1 aromatic carbocycles. The fourth-order valence-electron chi connectivity index (χ4n) is 1.95. The Hall–Kier alpha value is -1.74. The molecule has 1 N–H and O–H groups in total. The molecule has 0 spiro atoms. The number of pyridine rings is 1. The molecule has 0 aliphatic heterocycles. The number of hydrogen-bond acceptors (Lipinski definition) is 2. The van der Waals surface area contributed by atoms with Crippen molar-refractivity contribution in [1.82, 2.24) is 10.3 Å². The average molecular weight is 230 g/mol. The number of halogens is 1. The van der Waals surface area contributed by atoms with Gasteiger partial charge in [0.2, 0.25) is 0 Å². The molecule has 1 atom stereocenters. The first kappa shape index (κ1) is 11.7. The number of nitrogens with zero attached hydrogens (tertiary/aromatic N) is 1. The average Bonchev–Trinajstić information content (AvgIpc) is 2.37. The summed E-state index contributed by atoms with van der Waals surface area (Å²) in [5, 5.41) is 3.14. The van der Waals surface area contributed by atoms with Crippen LogP contribution in [-0.2, 0) is 0 Å². The zero-order valence-corrected chi connectivity index (χ0v) is 9.73. The Morgan fingerprint density at radius 1 is 1.18 bits per heavy atom. The van der Waals surface area contributed by atoms with Crippen molar-refractivity contribution in [1.29, 1.82) is 0 Å². The van der Waals surface area contributed by atoms with Crippen LogP contribution in [0.4, 0.5) is 4.39 Å². The van der Waals surface area contributed by atoms with Crippen molar-refractivity contribution in [3.05, 3.63) is 65.7 Å². The van der Waals surface area contributed by atoms with E-state index in [1.54, 1.807) is 24.5 Å². The van der Waals surface area contributed by atoms with Crippen molar-refractivity contribution < 1.29 is 4.39 Å². The fourth-order valence-corrected chi connectivity index (χ4v) is 1.95. The van der Waals surface area contributed by atoms with Crippen molar-refractivity contribution in [3.8, 4) is 0 Å². The number of benzene rings is 1. The molecule has 3 heteroatoms. The van der Waals surface area contributed by atoms with Crippen LogP contribution in [-0.4, -0.2) is 18.6 Å². The monoisotopic (exact) mass is 230 g/mol. The third-order valence-corrected chi connectivity index (χ3v) is 2.77. The second-order valence-electron chi connectivity index (χ2n) is 3.95. The van der Waals surface area contributed by atoms with Crippen LogP contribution < -0.4 is 5.32 Å². The lowest BCUT2D eigenvalue weighted by Gasteiger charge is -2.17. The lowest BCUT2D eigenvalue weighted by atomic mass is 9.92. The molecule has 1 unspecified atom stereocenters. The molecule has 0 amide bonds. The van der Waals surface area contributed by atoms with E-state index in [1.807, 2.05) is 25.2 Å². The van der Waals surface area contributed by atoms with Gasteiger partial charge in [0.05, 0.1) is 0 Å². The zero-order valence-electron chi connectivity index (χ0n) is 9.73. The smallest absolute Gasteiger partial charge is 0.123 e. The highest BCUT2D eigenvalue weighted by Crippen LogP contribution is 2.23. The van der Waals surface area contributed by atoms with Gasteiger partial charge in [-0.1, -0.05) is 12.1 Å². The molecular weight excluding hydrogens is 215 g/mol. The van der Waals surface area contributed by atoms with Gasteiger partial charge in [-0.3, -0.25) is 4.98 Å². The van der Waals surface area contributed by atoms with Crippen LogP contribution in [0.15, 0.2) is 48.8 Å². The number of aromatic nitrogens is 1. The van der Waals surface area contributed by atoms with E-state index in [9.17, 15) is 4.39 Å². The predicted octanol–water partition coefficient (Wildman–Crippen LogP) is 2.57. The van der Waals surface area contributed by atoms with Crippen LogP contribution in [0.1, 0.15) is 17.0 Å². The summed E-state index contributed by atoms with van der Waals surface area (Å²) in [6.07, 6.45) is 3.52. The normalized spacial score (nSPS) is 12.4. The van der Waals surface area contributed by atoms with Gasteiger partial charge in [0.15, 0.2) is 0 Å². The molecule has 1 aromatic heterocycles. The van der Waals surface area contributed by atoms with Crippen LogP contribution in [0.5, 0.6) is 0 Å². The largest absolute Gasteiger partial charge is 0.319 e. The van der Waals surface area contributed by atoms with Gasteiger partial charge in [0, 0.05) is 24.9 Å². The van der Waals surface area contributed by atoms with E-state index in [0.29, 0.717) is 0 Å². The van der Waals surface area contributed by atoms with Gasteiger partial charge in [0.25, 0.3) is 0 Å². The lowest BCUT2D eigenvalue weighted by molar-refractivity contribution is 0.620. The fraction of sp³-hybridized carbons (Fsp3) is 0.214. The van der Waals surface area contributed by atoms with Gasteiger partial charge >= 0.3 is 0 Å². The molecule has 2 aromatic rings. The Balaban J connectivity index is 2.35. The van der Waals surface area contributed by atoms with Gasteiger partial charge in [-0.15, -0.1) is 0 Å². The van der Waals surface area contributed by atoms with Crippen LogP contribution in [0.25, 0.3) is 0 Å². The molecule has 2 nitrogen and oxygen atoms in total. The Morgan fingerprint density at radius 2 is 1.94 bits per heavy atom. The standard InChI is InChI=1S/C14H15FN2/c1-16-10-14(11-5-7-17-8-6-11)12-3-2-4-13(15)9-12/h2-9,14,16H,10H2,1H3. The third kappa shape index (κ3) is 2.88. The highest BCUT2D eigenvalue weighted by Gasteiger charge is 2.13. The summed E-state index contributed by atoms with van der Waals surface area (Å²) in [7, 11) is 1.90. The minimum Gasteiger partial charge on any atom is -0.319 e. The van der Waals surface area contributed by atoms with Gasteiger partial charge < -0.3 is 5.32 Å². The minimum atomic E-state index is -0.197. The third-order valence-electron chi connectivity index (χ3n) is 2.77. The van der Waals surface area contributed by atoms with Crippen LogP contribution in [0.3, 0.4) is 0 Å². The summed E-state index contributed by atoms with van der Waals surface area (Å²) in [5.41, 5.74) is 2.12. The number of rotatable bonds is 4. The van der Waals surface area contributed by atoms with Crippen LogP contribution >= 0.6 is 0 Å². The summed E-state index contributed by atoms with van der Waals surface area (Å²) in [4.78, 5) is 4.00. The summed E-state index contributed by atoms with van der Waals surface area (Å²) in [5.74, 6) is -0.0450. The predicted molar refractivity (Wildman–Crippen MR) is 66.4 cm³/mol.